The quantitative estimate of drug-likeness (QED) is 0.438. The summed E-state index contributed by atoms with van der Waals surface area (Å²) < 4.78 is 0. The van der Waals surface area contributed by atoms with Gasteiger partial charge in [-0.1, -0.05) is 67.1 Å². The van der Waals surface area contributed by atoms with Crippen LogP contribution in [0.2, 0.25) is 0 Å². The van der Waals surface area contributed by atoms with E-state index < -0.39 is 0 Å². The van der Waals surface area contributed by atoms with E-state index in [4.69, 9.17) is 16.4 Å². The third-order valence-corrected chi connectivity index (χ3v) is 10.1. The van der Waals surface area contributed by atoms with E-state index in [1.807, 2.05) is 0 Å². The molecule has 0 amide bonds. The minimum absolute atomic E-state index is 0.313. The first-order valence-corrected chi connectivity index (χ1v) is 15.9. The first-order chi connectivity index (χ1) is 20.8. The lowest BCUT2D eigenvalue weighted by Crippen LogP contribution is -2.33. The molecule has 3 nitrogen and oxygen atoms in total. The zero-order chi connectivity index (χ0) is 28.0. The Labute approximate surface area is 247 Å². The van der Waals surface area contributed by atoms with Crippen LogP contribution in [0, 0.1) is 28.7 Å². The average Bonchev–Trinajstić information content (AvgIpc) is 3.41. The van der Waals surface area contributed by atoms with Gasteiger partial charge >= 0.3 is 0 Å². The highest BCUT2D eigenvalue weighted by atomic mass is 15.1. The van der Waals surface area contributed by atoms with Gasteiger partial charge in [0.1, 0.15) is 0 Å². The predicted molar refractivity (Wildman–Crippen MR) is 172 cm³/mol. The van der Waals surface area contributed by atoms with E-state index in [-0.39, 0.29) is 0 Å². The average molecular weight is 548 g/mol. The first kappa shape index (κ1) is 25.7. The number of nitrogens with zero attached hydrogens (tertiary/aromatic N) is 3. The van der Waals surface area contributed by atoms with Crippen molar-refractivity contribution in [2.75, 3.05) is 26.2 Å². The van der Waals surface area contributed by atoms with Gasteiger partial charge in [0.15, 0.2) is 0 Å². The number of hydrogen-bond acceptors (Lipinski definition) is 3. The van der Waals surface area contributed by atoms with Crippen molar-refractivity contribution in [3.8, 4) is 12.3 Å². The lowest BCUT2D eigenvalue weighted by molar-refractivity contribution is 0.224. The molecule has 8 rings (SSSR count). The molecule has 3 heterocycles. The number of fused-ring (bicyclic) bond motifs is 6. The van der Waals surface area contributed by atoms with Gasteiger partial charge in [0.25, 0.3) is 0 Å². The van der Waals surface area contributed by atoms with E-state index in [9.17, 15) is 0 Å². The fourth-order valence-corrected chi connectivity index (χ4v) is 8.09. The molecular formula is C39H37N3. The highest BCUT2D eigenvalue weighted by Gasteiger charge is 2.30. The van der Waals surface area contributed by atoms with E-state index in [0.717, 1.165) is 36.0 Å². The summed E-state index contributed by atoms with van der Waals surface area (Å²) in [7, 11) is 0. The van der Waals surface area contributed by atoms with Crippen molar-refractivity contribution in [2.24, 2.45) is 15.9 Å². The van der Waals surface area contributed by atoms with Crippen LogP contribution in [-0.2, 0) is 6.42 Å². The maximum absolute atomic E-state index is 5.96. The van der Waals surface area contributed by atoms with E-state index >= 15 is 0 Å². The SMILES string of the molecule is C#CCC1CCc2c3c(ccc2=C1C1=NCC2=c4ccccc4=NC2=C1)=c1ccccc1=CC3CCN1CCCCC1. The number of piperidine rings is 1. The Morgan fingerprint density at radius 2 is 1.69 bits per heavy atom. The minimum atomic E-state index is 0.313. The standard InChI is InChI=1S/C39H37N3/c1-2-10-26-15-16-32-33(39(26)37-24-36-34(25-40-37)30-13-6-7-14-35(30)41-36)18-17-31-29-12-5-4-11-27(29)23-28(38(31)32)19-22-42-20-8-3-9-21-42/h1,4-7,11-14,17-18,23-24,26,28H,3,8-10,15-16,19-22,25H2. The summed E-state index contributed by atoms with van der Waals surface area (Å²) in [5, 5.41) is 7.82. The second-order valence-corrected chi connectivity index (χ2v) is 12.5. The highest BCUT2D eigenvalue weighted by molar-refractivity contribution is 6.27. The van der Waals surface area contributed by atoms with E-state index in [0.29, 0.717) is 18.4 Å². The number of allylic oxidation sites excluding steroid dienone is 1. The van der Waals surface area contributed by atoms with Crippen LogP contribution >= 0.6 is 0 Å². The molecule has 3 aromatic carbocycles. The molecule has 1 saturated heterocycles. The molecule has 0 saturated carbocycles. The summed E-state index contributed by atoms with van der Waals surface area (Å²) in [6.45, 7) is 4.34. The van der Waals surface area contributed by atoms with Crippen LogP contribution in [0.4, 0.5) is 0 Å². The fourth-order valence-electron chi connectivity index (χ4n) is 8.09. The van der Waals surface area contributed by atoms with Crippen molar-refractivity contribution >= 4 is 22.9 Å². The molecule has 2 atom stereocenters. The van der Waals surface area contributed by atoms with Gasteiger partial charge in [-0.15, -0.1) is 12.3 Å². The van der Waals surface area contributed by atoms with Crippen molar-refractivity contribution in [3.05, 3.63) is 115 Å². The molecule has 0 spiro atoms. The minimum Gasteiger partial charge on any atom is -0.303 e. The van der Waals surface area contributed by atoms with Gasteiger partial charge in [-0.2, -0.15) is 0 Å². The highest BCUT2D eigenvalue weighted by Crippen LogP contribution is 2.35. The van der Waals surface area contributed by atoms with Crippen molar-refractivity contribution in [2.45, 2.75) is 50.9 Å². The molecule has 3 heteroatoms. The third-order valence-electron chi connectivity index (χ3n) is 10.1. The second-order valence-electron chi connectivity index (χ2n) is 12.5. The Balaban J connectivity index is 1.31. The van der Waals surface area contributed by atoms with Gasteiger partial charge in [0.2, 0.25) is 0 Å². The molecule has 2 unspecified atom stereocenters. The lowest BCUT2D eigenvalue weighted by atomic mass is 9.75. The van der Waals surface area contributed by atoms with E-state index in [1.54, 1.807) is 5.56 Å². The molecule has 0 aromatic heterocycles. The molecule has 5 aliphatic rings. The summed E-state index contributed by atoms with van der Waals surface area (Å²) in [4.78, 5) is 12.9. The lowest BCUT2D eigenvalue weighted by Gasteiger charge is -2.31. The zero-order valence-corrected chi connectivity index (χ0v) is 24.3. The Morgan fingerprint density at radius 3 is 2.57 bits per heavy atom. The summed E-state index contributed by atoms with van der Waals surface area (Å²) in [5.41, 5.74) is 7.80. The Morgan fingerprint density at radius 1 is 0.881 bits per heavy atom. The van der Waals surface area contributed by atoms with Gasteiger partial charge in [-0.3, -0.25) is 4.99 Å². The molecule has 3 aliphatic heterocycles. The van der Waals surface area contributed by atoms with Crippen LogP contribution in [-0.4, -0.2) is 36.8 Å². The molecule has 2 aliphatic carbocycles. The third kappa shape index (κ3) is 4.32. The molecule has 0 N–H and O–H groups in total. The molecule has 208 valence electrons. The summed E-state index contributed by atoms with van der Waals surface area (Å²) in [6, 6.07) is 22.2. The van der Waals surface area contributed by atoms with Crippen LogP contribution in [0.1, 0.15) is 55.6 Å². The number of benzene rings is 3. The number of hydrogen-bond donors (Lipinski definition) is 0. The van der Waals surface area contributed by atoms with Crippen LogP contribution in [0.25, 0.3) is 17.2 Å². The van der Waals surface area contributed by atoms with Gasteiger partial charge in [0, 0.05) is 23.1 Å². The zero-order valence-electron chi connectivity index (χ0n) is 24.3. The number of terminal acetylenes is 1. The summed E-state index contributed by atoms with van der Waals surface area (Å²) in [5.74, 6) is 3.73. The largest absolute Gasteiger partial charge is 0.303 e. The summed E-state index contributed by atoms with van der Waals surface area (Å²) in [6.07, 6.45) is 18.9. The van der Waals surface area contributed by atoms with E-state index in [2.05, 4.69) is 83.6 Å². The molecule has 0 radical (unpaired) electrons. The first-order valence-electron chi connectivity index (χ1n) is 15.9. The second kappa shape index (κ2) is 10.7. The van der Waals surface area contributed by atoms with Crippen LogP contribution < -0.4 is 21.0 Å². The molecule has 1 fully saturated rings. The van der Waals surface area contributed by atoms with Crippen molar-refractivity contribution in [3.63, 3.8) is 0 Å². The Kier molecular flexibility index (Phi) is 6.53. The van der Waals surface area contributed by atoms with Crippen LogP contribution in [0.3, 0.4) is 0 Å². The van der Waals surface area contributed by atoms with E-state index in [1.165, 1.54) is 88.1 Å². The number of rotatable bonds is 5. The van der Waals surface area contributed by atoms with Crippen LogP contribution in [0.5, 0.6) is 0 Å². The van der Waals surface area contributed by atoms with Gasteiger partial charge < -0.3 is 4.90 Å². The normalized spacial score (nSPS) is 22.3. The maximum Gasteiger partial charge on any atom is 0.0716 e. The monoisotopic (exact) mass is 547 g/mol. The number of aliphatic imine (C=N–C) groups is 1. The molecular weight excluding hydrogens is 510 g/mol. The van der Waals surface area contributed by atoms with Gasteiger partial charge in [-0.05, 0) is 107 Å². The van der Waals surface area contributed by atoms with Gasteiger partial charge in [-0.25, -0.2) is 4.99 Å². The number of para-hydroxylation sites is 1. The predicted octanol–water partition coefficient (Wildman–Crippen LogP) is 4.29. The summed E-state index contributed by atoms with van der Waals surface area (Å²) >= 11 is 0. The Bertz CT molecular complexity index is 2050. The topological polar surface area (TPSA) is 28.0 Å². The van der Waals surface area contributed by atoms with Crippen molar-refractivity contribution in [1.82, 2.24) is 4.90 Å². The Hall–Kier alpha value is -4.00. The van der Waals surface area contributed by atoms with Crippen LogP contribution in [0.15, 0.2) is 82.4 Å². The smallest absolute Gasteiger partial charge is 0.0716 e. The van der Waals surface area contributed by atoms with Gasteiger partial charge in [0.05, 0.1) is 23.3 Å². The van der Waals surface area contributed by atoms with Crippen molar-refractivity contribution < 1.29 is 0 Å². The number of dihydropyridines is 1. The van der Waals surface area contributed by atoms with Crippen molar-refractivity contribution in [1.29, 1.82) is 0 Å². The molecule has 42 heavy (non-hydrogen) atoms. The fraction of sp³-hybridized carbons (Fsp3) is 0.333. The molecule has 0 bridgehead atoms. The molecule has 3 aromatic rings. The number of likely N-dealkylation sites (tertiary alicyclic amines) is 1. The maximum atomic E-state index is 5.96.